The Labute approximate surface area is 132 Å². The lowest BCUT2D eigenvalue weighted by atomic mass is 10.0. The maximum atomic E-state index is 12.9. The van der Waals surface area contributed by atoms with Gasteiger partial charge in [-0.1, -0.05) is 19.3 Å². The van der Waals surface area contributed by atoms with Crippen molar-refractivity contribution in [1.29, 1.82) is 0 Å². The number of hydrogen-bond acceptors (Lipinski definition) is 4. The topological polar surface area (TPSA) is 64.4 Å². The van der Waals surface area contributed by atoms with Crippen molar-refractivity contribution in [3.05, 3.63) is 17.7 Å². The van der Waals surface area contributed by atoms with Crippen LogP contribution in [0.15, 0.2) is 6.20 Å². The van der Waals surface area contributed by atoms with E-state index in [1.165, 1.54) is 0 Å². The van der Waals surface area contributed by atoms with Crippen LogP contribution < -0.4 is 0 Å². The van der Waals surface area contributed by atoms with Crippen LogP contribution in [0.5, 0.6) is 0 Å². The zero-order chi connectivity index (χ0) is 15.7. The van der Waals surface area contributed by atoms with Gasteiger partial charge in [-0.2, -0.15) is 4.31 Å². The second-order valence-electron chi connectivity index (χ2n) is 6.37. The summed E-state index contributed by atoms with van der Waals surface area (Å²) in [5.41, 5.74) is 0.924. The number of nitrogens with zero attached hydrogens (tertiary/aromatic N) is 3. The zero-order valence-corrected chi connectivity index (χ0v) is 14.2. The second-order valence-corrected chi connectivity index (χ2v) is 8.59. The minimum absolute atomic E-state index is 0.205. The van der Waals surface area contributed by atoms with Gasteiger partial charge in [0.2, 0.25) is 10.0 Å². The van der Waals surface area contributed by atoms with Crippen LogP contribution in [-0.2, 0) is 21.8 Å². The third-order valence-corrected chi connectivity index (χ3v) is 7.05. The largest absolute Gasteiger partial charge is 0.368 e. The maximum absolute atomic E-state index is 12.9. The van der Waals surface area contributed by atoms with Crippen molar-refractivity contribution in [2.24, 2.45) is 7.05 Å². The fourth-order valence-electron chi connectivity index (χ4n) is 3.52. The molecule has 2 fully saturated rings. The summed E-state index contributed by atoms with van der Waals surface area (Å²) in [6, 6.07) is 0. The quantitative estimate of drug-likeness (QED) is 0.848. The number of sulfonamides is 1. The van der Waals surface area contributed by atoms with E-state index in [1.54, 1.807) is 4.31 Å². The molecule has 6 nitrogen and oxygen atoms in total. The first-order chi connectivity index (χ1) is 10.5. The lowest BCUT2D eigenvalue weighted by Gasteiger charge is -2.35. The van der Waals surface area contributed by atoms with E-state index in [2.05, 4.69) is 4.98 Å². The Hall–Kier alpha value is -0.920. The maximum Gasteiger partial charge on any atom is 0.217 e. The van der Waals surface area contributed by atoms with E-state index in [1.807, 2.05) is 24.7 Å². The van der Waals surface area contributed by atoms with E-state index in [0.717, 1.165) is 43.6 Å². The summed E-state index contributed by atoms with van der Waals surface area (Å²) >= 11 is 0. The van der Waals surface area contributed by atoms with Crippen molar-refractivity contribution in [1.82, 2.24) is 13.9 Å². The molecule has 1 aliphatic carbocycles. The highest BCUT2D eigenvalue weighted by Crippen LogP contribution is 2.29. The van der Waals surface area contributed by atoms with E-state index >= 15 is 0 Å². The summed E-state index contributed by atoms with van der Waals surface area (Å²) < 4.78 is 35.0. The third kappa shape index (κ3) is 3.07. The van der Waals surface area contributed by atoms with Gasteiger partial charge in [-0.05, 0) is 19.8 Å². The summed E-state index contributed by atoms with van der Waals surface area (Å²) in [5, 5.41) is -0.205. The Kier molecular flexibility index (Phi) is 4.56. The Morgan fingerprint density at radius 3 is 2.64 bits per heavy atom. The number of hydrogen-bond donors (Lipinski definition) is 0. The molecule has 3 rings (SSSR count). The standard InChI is InChI=1S/C15H25N3O3S/c1-12-10-17(2)15(16-12)14-11-18(8-9-21-14)22(19,20)13-6-4-3-5-7-13/h10,13-14H,3-9,11H2,1-2H3/t14-/m1/s1. The predicted octanol–water partition coefficient (Wildman–Crippen LogP) is 1.76. The average molecular weight is 327 g/mol. The molecular weight excluding hydrogens is 302 g/mol. The first kappa shape index (κ1) is 16.0. The molecule has 2 heterocycles. The minimum atomic E-state index is -3.22. The summed E-state index contributed by atoms with van der Waals surface area (Å²) in [4.78, 5) is 4.48. The molecule has 0 unspecified atom stereocenters. The van der Waals surface area contributed by atoms with Crippen LogP contribution in [0.2, 0.25) is 0 Å². The molecule has 1 atom stereocenters. The minimum Gasteiger partial charge on any atom is -0.368 e. The average Bonchev–Trinajstić information content (AvgIpc) is 2.87. The number of aromatic nitrogens is 2. The van der Waals surface area contributed by atoms with Crippen molar-refractivity contribution in [3.8, 4) is 0 Å². The monoisotopic (exact) mass is 327 g/mol. The molecule has 0 amide bonds. The Bertz CT molecular complexity index is 620. The molecule has 1 aromatic rings. The third-order valence-electron chi connectivity index (χ3n) is 4.68. The van der Waals surface area contributed by atoms with Gasteiger partial charge in [0.15, 0.2) is 0 Å². The normalized spacial score (nSPS) is 25.5. The lowest BCUT2D eigenvalue weighted by molar-refractivity contribution is -0.00931. The fraction of sp³-hybridized carbons (Fsp3) is 0.800. The number of rotatable bonds is 3. The highest BCUT2D eigenvalue weighted by Gasteiger charge is 2.37. The van der Waals surface area contributed by atoms with E-state index in [-0.39, 0.29) is 11.4 Å². The molecule has 0 aromatic carbocycles. The fourth-order valence-corrected chi connectivity index (χ4v) is 5.54. The van der Waals surface area contributed by atoms with Gasteiger partial charge in [-0.25, -0.2) is 13.4 Å². The van der Waals surface area contributed by atoms with Gasteiger partial charge in [0.1, 0.15) is 11.9 Å². The van der Waals surface area contributed by atoms with Gasteiger partial charge < -0.3 is 9.30 Å². The molecule has 1 saturated heterocycles. The van der Waals surface area contributed by atoms with Gasteiger partial charge in [-0.15, -0.1) is 0 Å². The van der Waals surface area contributed by atoms with Crippen LogP contribution in [0.3, 0.4) is 0 Å². The summed E-state index contributed by atoms with van der Waals surface area (Å²) in [6.45, 7) is 3.20. The van der Waals surface area contributed by atoms with Crippen molar-refractivity contribution >= 4 is 10.0 Å². The van der Waals surface area contributed by atoms with Crippen LogP contribution >= 0.6 is 0 Å². The molecule has 1 saturated carbocycles. The molecule has 7 heteroatoms. The van der Waals surface area contributed by atoms with Crippen molar-refractivity contribution in [2.75, 3.05) is 19.7 Å². The molecule has 0 bridgehead atoms. The first-order valence-electron chi connectivity index (χ1n) is 8.09. The molecule has 0 spiro atoms. The highest BCUT2D eigenvalue weighted by atomic mass is 32.2. The van der Waals surface area contributed by atoms with Crippen LogP contribution in [0, 0.1) is 6.92 Å². The predicted molar refractivity (Wildman–Crippen MR) is 84.0 cm³/mol. The van der Waals surface area contributed by atoms with Crippen molar-refractivity contribution < 1.29 is 13.2 Å². The zero-order valence-electron chi connectivity index (χ0n) is 13.4. The number of ether oxygens (including phenoxy) is 1. The first-order valence-corrected chi connectivity index (χ1v) is 9.59. The summed E-state index contributed by atoms with van der Waals surface area (Å²) in [5.74, 6) is 0.807. The Balaban J connectivity index is 1.76. The SMILES string of the molecule is Cc1cn(C)c([C@H]2CN(S(=O)(=O)C3CCCCC3)CCO2)n1. The Morgan fingerprint density at radius 1 is 1.27 bits per heavy atom. The summed E-state index contributed by atoms with van der Waals surface area (Å²) in [7, 11) is -1.29. The van der Waals surface area contributed by atoms with Crippen LogP contribution in [0.1, 0.15) is 49.7 Å². The Morgan fingerprint density at radius 2 is 2.00 bits per heavy atom. The lowest BCUT2D eigenvalue weighted by Crippen LogP contribution is -2.47. The molecule has 124 valence electrons. The number of imidazole rings is 1. The number of aryl methyl sites for hydroxylation is 2. The van der Waals surface area contributed by atoms with Gasteiger partial charge in [0, 0.05) is 26.3 Å². The molecule has 22 heavy (non-hydrogen) atoms. The van der Waals surface area contributed by atoms with E-state index in [9.17, 15) is 8.42 Å². The van der Waals surface area contributed by atoms with Crippen molar-refractivity contribution in [2.45, 2.75) is 50.4 Å². The number of morpholine rings is 1. The van der Waals surface area contributed by atoms with Gasteiger partial charge in [0.25, 0.3) is 0 Å². The van der Waals surface area contributed by atoms with Gasteiger partial charge in [0.05, 0.1) is 17.6 Å². The molecule has 2 aliphatic rings. The van der Waals surface area contributed by atoms with Gasteiger partial charge in [-0.3, -0.25) is 0 Å². The van der Waals surface area contributed by atoms with E-state index in [0.29, 0.717) is 19.7 Å². The molecule has 1 aliphatic heterocycles. The highest BCUT2D eigenvalue weighted by molar-refractivity contribution is 7.89. The van der Waals surface area contributed by atoms with Gasteiger partial charge >= 0.3 is 0 Å². The molecule has 0 N–H and O–H groups in total. The molecule has 1 aromatic heterocycles. The smallest absolute Gasteiger partial charge is 0.217 e. The van der Waals surface area contributed by atoms with Crippen LogP contribution in [-0.4, -0.2) is 47.2 Å². The van der Waals surface area contributed by atoms with Crippen LogP contribution in [0.4, 0.5) is 0 Å². The molecule has 0 radical (unpaired) electrons. The second kappa shape index (κ2) is 6.29. The van der Waals surface area contributed by atoms with E-state index in [4.69, 9.17) is 4.74 Å². The summed E-state index contributed by atoms with van der Waals surface area (Å²) in [6.07, 6.45) is 6.47. The van der Waals surface area contributed by atoms with Crippen LogP contribution in [0.25, 0.3) is 0 Å². The van der Waals surface area contributed by atoms with E-state index < -0.39 is 10.0 Å². The van der Waals surface area contributed by atoms with Crippen molar-refractivity contribution in [3.63, 3.8) is 0 Å². The molecular formula is C15H25N3O3S.